The highest BCUT2D eigenvalue weighted by atomic mass is 19.1. The number of carbonyl (C=O) groups is 1. The van der Waals surface area contributed by atoms with Crippen molar-refractivity contribution in [1.29, 1.82) is 0 Å². The summed E-state index contributed by atoms with van der Waals surface area (Å²) in [5.74, 6) is -2.45. The van der Waals surface area contributed by atoms with Crippen LogP contribution in [0, 0.1) is 17.6 Å². The Kier molecular flexibility index (Phi) is 2.97. The number of aliphatic carboxylic acids is 1. The molecule has 1 aromatic carbocycles. The van der Waals surface area contributed by atoms with Crippen molar-refractivity contribution < 1.29 is 18.7 Å². The number of benzene rings is 1. The fraction of sp³-hybridized carbons (Fsp3) is 0.200. The number of hydrogen-bond acceptors (Lipinski definition) is 2. The lowest BCUT2D eigenvalue weighted by Gasteiger charge is -2.04. The van der Waals surface area contributed by atoms with Crippen LogP contribution in [-0.2, 0) is 4.79 Å². The topological polar surface area (TPSA) is 50.2 Å². The van der Waals surface area contributed by atoms with E-state index in [4.69, 9.17) is 5.11 Å². The summed E-state index contributed by atoms with van der Waals surface area (Å²) in [6.45, 7) is 0. The lowest BCUT2D eigenvalue weighted by molar-refractivity contribution is -0.138. The largest absolute Gasteiger partial charge is 0.481 e. The molecule has 0 radical (unpaired) electrons. The number of carboxylic acids is 1. The summed E-state index contributed by atoms with van der Waals surface area (Å²) in [4.78, 5) is 14.9. The molecule has 1 N–H and O–H groups in total. The Morgan fingerprint density at radius 1 is 1.25 bits per heavy atom. The average Bonchev–Trinajstić information content (AvgIpc) is 3.19. The number of aromatic nitrogens is 1. The molecular weight excluding hydrogens is 264 g/mol. The van der Waals surface area contributed by atoms with Crippen LogP contribution in [0.25, 0.3) is 11.3 Å². The van der Waals surface area contributed by atoms with Crippen LogP contribution in [0.4, 0.5) is 8.78 Å². The molecule has 0 saturated heterocycles. The van der Waals surface area contributed by atoms with Gasteiger partial charge in [0, 0.05) is 17.8 Å². The molecule has 0 spiro atoms. The Balaban J connectivity index is 1.85. The molecule has 1 saturated carbocycles. The predicted octanol–water partition coefficient (Wildman–Crippen LogP) is 3.21. The Labute approximate surface area is 113 Å². The Morgan fingerprint density at radius 2 is 2.05 bits per heavy atom. The Bertz CT molecular complexity index is 670. The second-order valence-electron chi connectivity index (χ2n) is 4.89. The molecule has 2 atom stereocenters. The molecule has 3 rings (SSSR count). The third-order valence-corrected chi connectivity index (χ3v) is 3.53. The predicted molar refractivity (Wildman–Crippen MR) is 68.1 cm³/mol. The Morgan fingerprint density at radius 3 is 2.60 bits per heavy atom. The number of nitrogens with zero attached hydrogens (tertiary/aromatic N) is 1. The van der Waals surface area contributed by atoms with Gasteiger partial charge in [-0.05, 0) is 36.1 Å². The maximum Gasteiger partial charge on any atom is 0.307 e. The third-order valence-electron chi connectivity index (χ3n) is 3.53. The molecule has 1 aromatic heterocycles. The molecular formula is C15H11F2NO2. The number of carboxylic acid groups (broad SMARTS) is 1. The zero-order chi connectivity index (χ0) is 14.3. The van der Waals surface area contributed by atoms with Gasteiger partial charge in [0.2, 0.25) is 0 Å². The van der Waals surface area contributed by atoms with Crippen molar-refractivity contribution in [3.63, 3.8) is 0 Å². The van der Waals surface area contributed by atoms with Crippen molar-refractivity contribution in [3.05, 3.63) is 53.7 Å². The van der Waals surface area contributed by atoms with E-state index in [1.807, 2.05) is 0 Å². The number of pyridine rings is 1. The minimum absolute atomic E-state index is 0.00730. The van der Waals surface area contributed by atoms with Gasteiger partial charge in [0.25, 0.3) is 0 Å². The van der Waals surface area contributed by atoms with Crippen LogP contribution in [0.15, 0.2) is 36.5 Å². The molecule has 2 aromatic rings. The first-order valence-electron chi connectivity index (χ1n) is 6.20. The quantitative estimate of drug-likeness (QED) is 0.935. The highest BCUT2D eigenvalue weighted by Gasteiger charge is 2.44. The van der Waals surface area contributed by atoms with Gasteiger partial charge in [-0.2, -0.15) is 0 Å². The minimum Gasteiger partial charge on any atom is -0.481 e. The van der Waals surface area contributed by atoms with E-state index in [9.17, 15) is 13.6 Å². The minimum atomic E-state index is -0.802. The van der Waals surface area contributed by atoms with Gasteiger partial charge in [0.1, 0.15) is 11.6 Å². The molecule has 102 valence electrons. The maximum absolute atomic E-state index is 13.6. The highest BCUT2D eigenvalue weighted by Crippen LogP contribution is 2.47. The third kappa shape index (κ3) is 2.27. The van der Waals surface area contributed by atoms with Crippen molar-refractivity contribution in [2.45, 2.75) is 12.3 Å². The summed E-state index contributed by atoms with van der Waals surface area (Å²) in [7, 11) is 0. The number of halogens is 2. The monoisotopic (exact) mass is 275 g/mol. The van der Waals surface area contributed by atoms with Gasteiger partial charge in [-0.3, -0.25) is 9.78 Å². The van der Waals surface area contributed by atoms with E-state index < -0.39 is 17.6 Å². The zero-order valence-corrected chi connectivity index (χ0v) is 10.4. The molecule has 1 heterocycles. The van der Waals surface area contributed by atoms with Crippen LogP contribution >= 0.6 is 0 Å². The van der Waals surface area contributed by atoms with Gasteiger partial charge in [-0.25, -0.2) is 8.78 Å². The molecule has 0 bridgehead atoms. The average molecular weight is 275 g/mol. The molecule has 5 heteroatoms. The van der Waals surface area contributed by atoms with Crippen LogP contribution in [-0.4, -0.2) is 16.1 Å². The molecule has 20 heavy (non-hydrogen) atoms. The van der Waals surface area contributed by atoms with E-state index in [1.165, 1.54) is 12.1 Å². The van der Waals surface area contributed by atoms with Crippen molar-refractivity contribution >= 4 is 5.97 Å². The van der Waals surface area contributed by atoms with Gasteiger partial charge < -0.3 is 5.11 Å². The van der Waals surface area contributed by atoms with Crippen LogP contribution in [0.1, 0.15) is 17.9 Å². The summed E-state index contributed by atoms with van der Waals surface area (Å²) < 4.78 is 26.5. The van der Waals surface area contributed by atoms with E-state index in [1.54, 1.807) is 18.3 Å². The highest BCUT2D eigenvalue weighted by molar-refractivity contribution is 5.75. The molecule has 1 aliphatic carbocycles. The van der Waals surface area contributed by atoms with Crippen molar-refractivity contribution in [2.24, 2.45) is 5.92 Å². The SMILES string of the molecule is O=C(O)C1CC1c1ccc(-c2ccc(F)cc2F)nc1. The van der Waals surface area contributed by atoms with E-state index in [0.29, 0.717) is 12.1 Å². The summed E-state index contributed by atoms with van der Waals surface area (Å²) in [6, 6.07) is 6.70. The molecule has 1 aliphatic rings. The smallest absolute Gasteiger partial charge is 0.307 e. The Hall–Kier alpha value is -2.30. The first kappa shape index (κ1) is 12.7. The fourth-order valence-electron chi connectivity index (χ4n) is 2.32. The van der Waals surface area contributed by atoms with E-state index in [2.05, 4.69) is 4.98 Å². The van der Waals surface area contributed by atoms with Gasteiger partial charge in [0.15, 0.2) is 0 Å². The molecule has 2 unspecified atom stereocenters. The van der Waals surface area contributed by atoms with Crippen molar-refractivity contribution in [1.82, 2.24) is 4.98 Å². The maximum atomic E-state index is 13.6. The first-order valence-corrected chi connectivity index (χ1v) is 6.20. The van der Waals surface area contributed by atoms with Crippen molar-refractivity contribution in [2.75, 3.05) is 0 Å². The van der Waals surface area contributed by atoms with E-state index in [0.717, 1.165) is 11.6 Å². The first-order chi connectivity index (χ1) is 9.56. The van der Waals surface area contributed by atoms with Gasteiger partial charge in [0.05, 0.1) is 11.6 Å². The molecule has 1 fully saturated rings. The second kappa shape index (κ2) is 4.67. The lowest BCUT2D eigenvalue weighted by Crippen LogP contribution is -1.99. The fourth-order valence-corrected chi connectivity index (χ4v) is 2.32. The van der Waals surface area contributed by atoms with Gasteiger partial charge >= 0.3 is 5.97 Å². The van der Waals surface area contributed by atoms with Crippen molar-refractivity contribution in [3.8, 4) is 11.3 Å². The lowest BCUT2D eigenvalue weighted by atomic mass is 10.1. The summed E-state index contributed by atoms with van der Waals surface area (Å²) in [5.41, 5.74) is 1.46. The zero-order valence-electron chi connectivity index (χ0n) is 10.4. The van der Waals surface area contributed by atoms with Gasteiger partial charge in [-0.1, -0.05) is 6.07 Å². The van der Waals surface area contributed by atoms with Crippen LogP contribution < -0.4 is 0 Å². The van der Waals surface area contributed by atoms with Crippen LogP contribution in [0.3, 0.4) is 0 Å². The normalized spacial score (nSPS) is 20.7. The van der Waals surface area contributed by atoms with Gasteiger partial charge in [-0.15, -0.1) is 0 Å². The number of hydrogen-bond donors (Lipinski definition) is 1. The molecule has 0 aliphatic heterocycles. The standard InChI is InChI=1S/C15H11F2NO2/c16-9-2-3-10(13(17)5-9)14-4-1-8(7-18-14)11-6-12(11)15(19)20/h1-5,7,11-12H,6H2,(H,19,20). The number of rotatable bonds is 3. The summed E-state index contributed by atoms with van der Waals surface area (Å²) >= 11 is 0. The molecule has 0 amide bonds. The second-order valence-corrected chi connectivity index (χ2v) is 4.89. The van der Waals surface area contributed by atoms with Crippen LogP contribution in [0.2, 0.25) is 0 Å². The summed E-state index contributed by atoms with van der Waals surface area (Å²) in [5, 5.41) is 8.87. The summed E-state index contributed by atoms with van der Waals surface area (Å²) in [6.07, 6.45) is 2.17. The van der Waals surface area contributed by atoms with Crippen LogP contribution in [0.5, 0.6) is 0 Å². The van der Waals surface area contributed by atoms with E-state index >= 15 is 0 Å². The molecule has 3 nitrogen and oxygen atoms in total. The van der Waals surface area contributed by atoms with E-state index in [-0.39, 0.29) is 17.4 Å².